The molecule has 0 aliphatic heterocycles. The second-order valence-corrected chi connectivity index (χ2v) is 5.98. The number of hydrogen-bond acceptors (Lipinski definition) is 7. The van der Waals surface area contributed by atoms with Crippen LogP contribution in [0.3, 0.4) is 0 Å². The van der Waals surface area contributed by atoms with Gasteiger partial charge < -0.3 is 4.74 Å². The summed E-state index contributed by atoms with van der Waals surface area (Å²) in [6.45, 7) is 0. The van der Waals surface area contributed by atoms with Crippen molar-refractivity contribution >= 4 is 28.6 Å². The Kier molecular flexibility index (Phi) is 4.77. The molecule has 0 radical (unpaired) electrons. The molecule has 9 nitrogen and oxygen atoms in total. The molecule has 1 aromatic heterocycles. The highest BCUT2D eigenvalue weighted by atomic mass is 16.6. The maximum absolute atomic E-state index is 12.6. The van der Waals surface area contributed by atoms with E-state index in [4.69, 9.17) is 4.74 Å². The average Bonchev–Trinajstić information content (AvgIpc) is 3.26. The smallest absolute Gasteiger partial charge is 0.343 e. The molecule has 0 amide bonds. The molecule has 0 saturated heterocycles. The summed E-state index contributed by atoms with van der Waals surface area (Å²) < 4.78 is 6.96. The monoisotopic (exact) mass is 387 g/mol. The Labute approximate surface area is 164 Å². The van der Waals surface area contributed by atoms with E-state index in [1.54, 1.807) is 12.3 Å². The maximum atomic E-state index is 12.6. The maximum Gasteiger partial charge on any atom is 0.343 e. The lowest BCUT2D eigenvalue weighted by Gasteiger charge is -2.10. The van der Waals surface area contributed by atoms with Crippen LogP contribution in [0.2, 0.25) is 0 Å². The Hall–Kier alpha value is -4.40. The van der Waals surface area contributed by atoms with E-state index in [-0.39, 0.29) is 17.0 Å². The van der Waals surface area contributed by atoms with Crippen LogP contribution in [0.25, 0.3) is 10.8 Å². The van der Waals surface area contributed by atoms with Crippen molar-refractivity contribution in [1.82, 2.24) is 14.9 Å². The molecule has 4 aromatic rings. The predicted molar refractivity (Wildman–Crippen MR) is 105 cm³/mol. The van der Waals surface area contributed by atoms with Crippen LogP contribution >= 0.6 is 0 Å². The second kappa shape index (κ2) is 7.69. The molecule has 0 aliphatic carbocycles. The normalized spacial score (nSPS) is 11.0. The Morgan fingerprint density at radius 1 is 1.07 bits per heavy atom. The third-order valence-corrected chi connectivity index (χ3v) is 4.15. The topological polar surface area (TPSA) is 113 Å². The number of nitrogens with zero attached hydrogens (tertiary/aromatic N) is 5. The number of fused-ring (bicyclic) bond motifs is 1. The molecule has 0 fully saturated rings. The molecule has 0 aliphatic rings. The first-order chi connectivity index (χ1) is 14.1. The molecule has 1 heterocycles. The third-order valence-electron chi connectivity index (χ3n) is 4.15. The molecule has 9 heteroatoms. The molecule has 0 N–H and O–H groups in total. The van der Waals surface area contributed by atoms with E-state index in [9.17, 15) is 14.9 Å². The second-order valence-electron chi connectivity index (χ2n) is 5.98. The summed E-state index contributed by atoms with van der Waals surface area (Å²) in [5.74, 6) is -0.431. The van der Waals surface area contributed by atoms with Crippen LogP contribution in [0.5, 0.6) is 5.75 Å². The lowest BCUT2D eigenvalue weighted by molar-refractivity contribution is -0.384. The summed E-state index contributed by atoms with van der Waals surface area (Å²) >= 11 is 0. The van der Waals surface area contributed by atoms with Gasteiger partial charge in [0.15, 0.2) is 0 Å². The number of aromatic nitrogens is 3. The first kappa shape index (κ1) is 18.0. The number of ether oxygens (including phenoxy) is 1. The van der Waals surface area contributed by atoms with Crippen molar-refractivity contribution in [3.8, 4) is 5.75 Å². The standard InChI is InChI=1S/C20H13N5O4/c26-20(15-5-3-6-16(10-15)25(27)28)29-19-9-8-14-4-1-2-7-17(14)18(19)11-23-24-12-21-22-13-24/h1-13H/b23-11-. The van der Waals surface area contributed by atoms with Crippen molar-refractivity contribution < 1.29 is 14.5 Å². The minimum absolute atomic E-state index is 0.0778. The van der Waals surface area contributed by atoms with E-state index < -0.39 is 10.9 Å². The van der Waals surface area contributed by atoms with Crippen molar-refractivity contribution in [3.05, 3.63) is 94.6 Å². The summed E-state index contributed by atoms with van der Waals surface area (Å²) in [5.41, 5.74) is 0.469. The van der Waals surface area contributed by atoms with Crippen LogP contribution < -0.4 is 4.74 Å². The summed E-state index contributed by atoms with van der Waals surface area (Å²) in [6, 6.07) is 16.4. The van der Waals surface area contributed by atoms with E-state index in [0.717, 1.165) is 10.8 Å². The molecule has 0 atom stereocenters. The number of carbonyl (C=O) groups is 1. The number of non-ortho nitro benzene ring substituents is 1. The van der Waals surface area contributed by atoms with Gasteiger partial charge in [-0.3, -0.25) is 10.1 Å². The van der Waals surface area contributed by atoms with Gasteiger partial charge in [-0.25, -0.2) is 9.47 Å². The van der Waals surface area contributed by atoms with Crippen LogP contribution in [0, 0.1) is 10.1 Å². The van der Waals surface area contributed by atoms with Gasteiger partial charge in [0.1, 0.15) is 18.4 Å². The van der Waals surface area contributed by atoms with Gasteiger partial charge >= 0.3 is 5.97 Å². The first-order valence-electron chi connectivity index (χ1n) is 8.49. The lowest BCUT2D eigenvalue weighted by atomic mass is 10.0. The quantitative estimate of drug-likeness (QED) is 0.170. The van der Waals surface area contributed by atoms with E-state index in [2.05, 4.69) is 15.3 Å². The summed E-state index contributed by atoms with van der Waals surface area (Å²) in [6.07, 6.45) is 4.40. The molecular formula is C20H13N5O4. The Bertz CT molecular complexity index is 1230. The van der Waals surface area contributed by atoms with Gasteiger partial charge in [-0.2, -0.15) is 5.10 Å². The number of carbonyl (C=O) groups excluding carboxylic acids is 1. The Morgan fingerprint density at radius 2 is 1.86 bits per heavy atom. The zero-order chi connectivity index (χ0) is 20.2. The highest BCUT2D eigenvalue weighted by Gasteiger charge is 2.16. The van der Waals surface area contributed by atoms with Crippen LogP contribution in [-0.2, 0) is 0 Å². The SMILES string of the molecule is O=C(Oc1ccc2ccccc2c1/C=N\n1cnnc1)c1cccc([N+](=O)[O-])c1. The summed E-state index contributed by atoms with van der Waals surface area (Å²) in [4.78, 5) is 23.0. The highest BCUT2D eigenvalue weighted by Crippen LogP contribution is 2.28. The predicted octanol–water partition coefficient (Wildman–Crippen LogP) is 3.44. The Balaban J connectivity index is 1.73. The largest absolute Gasteiger partial charge is 0.422 e. The molecule has 0 spiro atoms. The molecule has 29 heavy (non-hydrogen) atoms. The van der Waals surface area contributed by atoms with Crippen LogP contribution in [0.4, 0.5) is 5.69 Å². The van der Waals surface area contributed by atoms with Crippen LogP contribution in [-0.4, -0.2) is 32.0 Å². The van der Waals surface area contributed by atoms with E-state index in [1.165, 1.54) is 41.6 Å². The van der Waals surface area contributed by atoms with Crippen LogP contribution in [0.15, 0.2) is 78.4 Å². The average molecular weight is 387 g/mol. The molecule has 142 valence electrons. The number of esters is 1. The van der Waals surface area contributed by atoms with Gasteiger partial charge in [-0.15, -0.1) is 10.2 Å². The highest BCUT2D eigenvalue weighted by molar-refractivity contribution is 6.03. The molecule has 0 bridgehead atoms. The number of hydrogen-bond donors (Lipinski definition) is 0. The number of nitro groups is 1. The molecule has 3 aromatic carbocycles. The van der Waals surface area contributed by atoms with Crippen molar-refractivity contribution in [2.45, 2.75) is 0 Å². The molecular weight excluding hydrogens is 374 g/mol. The minimum atomic E-state index is -0.706. The lowest BCUT2D eigenvalue weighted by Crippen LogP contribution is -2.10. The van der Waals surface area contributed by atoms with Gasteiger partial charge in [0.05, 0.1) is 16.7 Å². The molecule has 4 rings (SSSR count). The molecule has 0 saturated carbocycles. The zero-order valence-corrected chi connectivity index (χ0v) is 14.9. The number of benzene rings is 3. The van der Waals surface area contributed by atoms with E-state index in [1.807, 2.05) is 30.3 Å². The number of nitro benzene ring substituents is 1. The Morgan fingerprint density at radius 3 is 2.66 bits per heavy atom. The van der Waals surface area contributed by atoms with E-state index in [0.29, 0.717) is 5.56 Å². The number of rotatable bonds is 5. The van der Waals surface area contributed by atoms with Gasteiger partial charge in [0, 0.05) is 17.7 Å². The van der Waals surface area contributed by atoms with Crippen molar-refractivity contribution in [1.29, 1.82) is 0 Å². The van der Waals surface area contributed by atoms with Crippen molar-refractivity contribution in [3.63, 3.8) is 0 Å². The molecule has 0 unspecified atom stereocenters. The van der Waals surface area contributed by atoms with Crippen molar-refractivity contribution in [2.75, 3.05) is 0 Å². The first-order valence-corrected chi connectivity index (χ1v) is 8.49. The fraction of sp³-hybridized carbons (Fsp3) is 0. The van der Waals surface area contributed by atoms with Crippen molar-refractivity contribution in [2.24, 2.45) is 5.10 Å². The van der Waals surface area contributed by atoms with Gasteiger partial charge in [-0.05, 0) is 22.9 Å². The third kappa shape index (κ3) is 3.83. The van der Waals surface area contributed by atoms with Gasteiger partial charge in [-0.1, -0.05) is 36.4 Å². The fourth-order valence-corrected chi connectivity index (χ4v) is 2.78. The fourth-order valence-electron chi connectivity index (χ4n) is 2.78. The van der Waals surface area contributed by atoms with Gasteiger partial charge in [0.25, 0.3) is 5.69 Å². The minimum Gasteiger partial charge on any atom is -0.422 e. The van der Waals surface area contributed by atoms with E-state index >= 15 is 0 Å². The summed E-state index contributed by atoms with van der Waals surface area (Å²) in [7, 11) is 0. The van der Waals surface area contributed by atoms with Gasteiger partial charge in [0.2, 0.25) is 0 Å². The zero-order valence-electron chi connectivity index (χ0n) is 14.9. The summed E-state index contributed by atoms with van der Waals surface area (Å²) in [5, 5.41) is 24.3. The van der Waals surface area contributed by atoms with Crippen LogP contribution in [0.1, 0.15) is 15.9 Å².